The Morgan fingerprint density at radius 1 is 1.00 bits per heavy atom. The van der Waals surface area contributed by atoms with E-state index in [0.29, 0.717) is 30.4 Å². The van der Waals surface area contributed by atoms with Crippen molar-refractivity contribution in [2.75, 3.05) is 26.9 Å². The molecule has 0 bridgehead atoms. The van der Waals surface area contributed by atoms with Gasteiger partial charge in [0.15, 0.2) is 18.1 Å². The first kappa shape index (κ1) is 16.7. The zero-order chi connectivity index (χ0) is 16.5. The molecule has 0 fully saturated rings. The number of aryl methyl sites for hydroxylation is 1. The Morgan fingerprint density at radius 3 is 2.39 bits per heavy atom. The molecule has 1 N–H and O–H groups in total. The third kappa shape index (κ3) is 5.54. The van der Waals surface area contributed by atoms with Crippen LogP contribution >= 0.6 is 0 Å². The molecule has 0 radical (unpaired) electrons. The van der Waals surface area contributed by atoms with Gasteiger partial charge in [0.2, 0.25) is 0 Å². The van der Waals surface area contributed by atoms with E-state index in [0.717, 1.165) is 5.56 Å². The number of rotatable bonds is 8. The molecule has 0 saturated carbocycles. The third-order valence-corrected chi connectivity index (χ3v) is 3.14. The number of carbonyl (C=O) groups excluding carboxylic acids is 1. The number of hydrogen-bond donors (Lipinski definition) is 1. The highest BCUT2D eigenvalue weighted by Crippen LogP contribution is 2.25. The van der Waals surface area contributed by atoms with Crippen LogP contribution in [-0.2, 0) is 4.79 Å². The van der Waals surface area contributed by atoms with E-state index in [4.69, 9.17) is 14.2 Å². The molecule has 0 aliphatic carbocycles. The average molecular weight is 315 g/mol. The van der Waals surface area contributed by atoms with Crippen molar-refractivity contribution in [3.8, 4) is 17.2 Å². The van der Waals surface area contributed by atoms with Gasteiger partial charge in [-0.1, -0.05) is 29.8 Å². The quantitative estimate of drug-likeness (QED) is 0.761. The topological polar surface area (TPSA) is 56.8 Å². The molecule has 5 nitrogen and oxygen atoms in total. The van der Waals surface area contributed by atoms with Gasteiger partial charge in [0.05, 0.1) is 13.7 Å². The maximum Gasteiger partial charge on any atom is 0.258 e. The van der Waals surface area contributed by atoms with Gasteiger partial charge in [0.1, 0.15) is 12.4 Å². The van der Waals surface area contributed by atoms with Crippen LogP contribution in [0.5, 0.6) is 17.2 Å². The Bertz CT molecular complexity index is 625. The summed E-state index contributed by atoms with van der Waals surface area (Å²) in [6.45, 7) is 2.74. The van der Waals surface area contributed by atoms with Crippen LogP contribution in [-0.4, -0.2) is 32.8 Å². The van der Waals surface area contributed by atoms with Crippen molar-refractivity contribution >= 4 is 5.91 Å². The molecule has 1 amide bonds. The summed E-state index contributed by atoms with van der Waals surface area (Å²) in [5.74, 6) is 1.81. The standard InChI is InChI=1S/C18H21NO4/c1-14-7-9-15(10-8-14)23-13-18(20)19-11-12-22-17-6-4-3-5-16(17)21-2/h3-10H,11-13H2,1-2H3,(H,19,20). The molecule has 0 aromatic heterocycles. The third-order valence-electron chi connectivity index (χ3n) is 3.14. The van der Waals surface area contributed by atoms with Crippen LogP contribution in [0, 0.1) is 6.92 Å². The molecular formula is C18H21NO4. The molecule has 0 unspecified atom stereocenters. The van der Waals surface area contributed by atoms with Gasteiger partial charge in [-0.2, -0.15) is 0 Å². The maximum absolute atomic E-state index is 11.7. The number of carbonyl (C=O) groups is 1. The van der Waals surface area contributed by atoms with Gasteiger partial charge >= 0.3 is 0 Å². The highest BCUT2D eigenvalue weighted by molar-refractivity contribution is 5.77. The lowest BCUT2D eigenvalue weighted by Crippen LogP contribution is -2.32. The Labute approximate surface area is 136 Å². The first-order valence-corrected chi connectivity index (χ1v) is 7.41. The van der Waals surface area contributed by atoms with Crippen molar-refractivity contribution < 1.29 is 19.0 Å². The molecule has 0 spiro atoms. The summed E-state index contributed by atoms with van der Waals surface area (Å²) >= 11 is 0. The van der Waals surface area contributed by atoms with Gasteiger partial charge in [-0.3, -0.25) is 4.79 Å². The van der Waals surface area contributed by atoms with E-state index < -0.39 is 0 Å². The van der Waals surface area contributed by atoms with Crippen LogP contribution in [0.4, 0.5) is 0 Å². The van der Waals surface area contributed by atoms with Gasteiger partial charge in [0, 0.05) is 0 Å². The van der Waals surface area contributed by atoms with Gasteiger partial charge < -0.3 is 19.5 Å². The highest BCUT2D eigenvalue weighted by Gasteiger charge is 2.04. The van der Waals surface area contributed by atoms with E-state index >= 15 is 0 Å². The zero-order valence-electron chi connectivity index (χ0n) is 13.4. The Balaban J connectivity index is 1.66. The van der Waals surface area contributed by atoms with Crippen LogP contribution in [0.1, 0.15) is 5.56 Å². The summed E-state index contributed by atoms with van der Waals surface area (Å²) < 4.78 is 16.2. The molecule has 5 heteroatoms. The van der Waals surface area contributed by atoms with Crippen molar-refractivity contribution in [3.63, 3.8) is 0 Å². The number of benzene rings is 2. The Hall–Kier alpha value is -2.69. The second kappa shape index (κ2) is 8.68. The molecule has 23 heavy (non-hydrogen) atoms. The molecule has 0 heterocycles. The fraction of sp³-hybridized carbons (Fsp3) is 0.278. The molecule has 122 valence electrons. The summed E-state index contributed by atoms with van der Waals surface area (Å²) in [6.07, 6.45) is 0. The number of para-hydroxylation sites is 2. The smallest absolute Gasteiger partial charge is 0.258 e. The SMILES string of the molecule is COc1ccccc1OCCNC(=O)COc1ccc(C)cc1. The lowest BCUT2D eigenvalue weighted by atomic mass is 10.2. The Morgan fingerprint density at radius 2 is 1.70 bits per heavy atom. The van der Waals surface area contributed by atoms with Gasteiger partial charge in [-0.05, 0) is 31.2 Å². The minimum Gasteiger partial charge on any atom is -0.493 e. The van der Waals surface area contributed by atoms with E-state index in [1.807, 2.05) is 55.5 Å². The molecule has 0 aliphatic heterocycles. The van der Waals surface area contributed by atoms with Crippen LogP contribution < -0.4 is 19.5 Å². The number of methoxy groups -OCH3 is 1. The largest absolute Gasteiger partial charge is 0.493 e. The van der Waals surface area contributed by atoms with Crippen molar-refractivity contribution in [2.45, 2.75) is 6.92 Å². The van der Waals surface area contributed by atoms with Gasteiger partial charge in [0.25, 0.3) is 5.91 Å². The van der Waals surface area contributed by atoms with E-state index in [9.17, 15) is 4.79 Å². The maximum atomic E-state index is 11.7. The van der Waals surface area contributed by atoms with E-state index in [1.54, 1.807) is 7.11 Å². The second-order valence-corrected chi connectivity index (χ2v) is 4.95. The first-order chi connectivity index (χ1) is 11.2. The number of ether oxygens (including phenoxy) is 3. The molecule has 2 aromatic rings. The molecule has 0 aliphatic rings. The summed E-state index contributed by atoms with van der Waals surface area (Å²) in [7, 11) is 1.59. The van der Waals surface area contributed by atoms with E-state index in [2.05, 4.69) is 5.32 Å². The van der Waals surface area contributed by atoms with Crippen LogP contribution in [0.15, 0.2) is 48.5 Å². The minimum atomic E-state index is -0.186. The molecule has 2 rings (SSSR count). The Kier molecular flexibility index (Phi) is 6.29. The highest BCUT2D eigenvalue weighted by atomic mass is 16.5. The number of amides is 1. The zero-order valence-corrected chi connectivity index (χ0v) is 13.4. The molecule has 0 atom stereocenters. The minimum absolute atomic E-state index is 0.0162. The van der Waals surface area contributed by atoms with Crippen molar-refractivity contribution in [2.24, 2.45) is 0 Å². The van der Waals surface area contributed by atoms with Crippen molar-refractivity contribution in [1.82, 2.24) is 5.32 Å². The monoisotopic (exact) mass is 315 g/mol. The van der Waals surface area contributed by atoms with Crippen LogP contribution in [0.2, 0.25) is 0 Å². The van der Waals surface area contributed by atoms with Crippen LogP contribution in [0.3, 0.4) is 0 Å². The van der Waals surface area contributed by atoms with Gasteiger partial charge in [-0.15, -0.1) is 0 Å². The molecule has 0 saturated heterocycles. The average Bonchev–Trinajstić information content (AvgIpc) is 2.58. The van der Waals surface area contributed by atoms with E-state index in [1.165, 1.54) is 0 Å². The number of nitrogens with one attached hydrogen (secondary N) is 1. The fourth-order valence-electron chi connectivity index (χ4n) is 1.92. The lowest BCUT2D eigenvalue weighted by molar-refractivity contribution is -0.123. The number of hydrogen-bond acceptors (Lipinski definition) is 4. The summed E-state index contributed by atoms with van der Waals surface area (Å²) in [6, 6.07) is 14.9. The van der Waals surface area contributed by atoms with Crippen molar-refractivity contribution in [1.29, 1.82) is 0 Å². The normalized spacial score (nSPS) is 10.0. The van der Waals surface area contributed by atoms with Crippen molar-refractivity contribution in [3.05, 3.63) is 54.1 Å². The summed E-state index contributed by atoms with van der Waals surface area (Å²) in [4.78, 5) is 11.7. The predicted molar refractivity (Wildman–Crippen MR) is 88.2 cm³/mol. The molecule has 2 aromatic carbocycles. The predicted octanol–water partition coefficient (Wildman–Crippen LogP) is 2.58. The van der Waals surface area contributed by atoms with E-state index in [-0.39, 0.29) is 12.5 Å². The first-order valence-electron chi connectivity index (χ1n) is 7.41. The molecular weight excluding hydrogens is 294 g/mol. The van der Waals surface area contributed by atoms with Gasteiger partial charge in [-0.25, -0.2) is 0 Å². The summed E-state index contributed by atoms with van der Waals surface area (Å²) in [5, 5.41) is 2.74. The fourth-order valence-corrected chi connectivity index (χ4v) is 1.92. The van der Waals surface area contributed by atoms with Crippen LogP contribution in [0.25, 0.3) is 0 Å². The summed E-state index contributed by atoms with van der Waals surface area (Å²) in [5.41, 5.74) is 1.15. The second-order valence-electron chi connectivity index (χ2n) is 4.95. The lowest BCUT2D eigenvalue weighted by Gasteiger charge is -2.11.